The lowest BCUT2D eigenvalue weighted by molar-refractivity contribution is -0.192. The Kier molecular flexibility index (Phi) is 9.92. The Balaban J connectivity index is 1.62. The second-order valence-corrected chi connectivity index (χ2v) is 15.6. The zero-order valence-electron chi connectivity index (χ0n) is 25.2. The van der Waals surface area contributed by atoms with Crippen LogP contribution in [0.15, 0.2) is 57.6 Å². The molecule has 2 fully saturated rings. The van der Waals surface area contributed by atoms with Crippen molar-refractivity contribution in [3.05, 3.63) is 74.4 Å². The lowest BCUT2D eigenvalue weighted by Crippen LogP contribution is -2.43. The Morgan fingerprint density at radius 3 is 2.19 bits per heavy atom. The molecule has 15 heteroatoms. The molecule has 238 valence electrons. The Morgan fingerprint density at radius 1 is 1.00 bits per heavy atom. The third-order valence-electron chi connectivity index (χ3n) is 6.49. The highest BCUT2D eigenvalue weighted by atomic mass is 32.2. The Morgan fingerprint density at radius 2 is 1.60 bits per heavy atom. The van der Waals surface area contributed by atoms with Crippen molar-refractivity contribution in [3.8, 4) is 5.75 Å². The summed E-state index contributed by atoms with van der Waals surface area (Å²) in [5, 5.41) is 0.888. The van der Waals surface area contributed by atoms with Gasteiger partial charge in [-0.25, -0.2) is 13.2 Å². The number of aromatic nitrogens is 2. The summed E-state index contributed by atoms with van der Waals surface area (Å²) in [5.74, 6) is -0.424. The lowest BCUT2D eigenvalue weighted by atomic mass is 10.1. The molecular formula is C28H39N2O11PS. The van der Waals surface area contributed by atoms with Crippen LogP contribution in [-0.2, 0) is 44.2 Å². The van der Waals surface area contributed by atoms with E-state index in [1.165, 1.54) is 22.9 Å². The number of sulfone groups is 1. The van der Waals surface area contributed by atoms with E-state index < -0.39 is 76.7 Å². The van der Waals surface area contributed by atoms with Crippen molar-refractivity contribution in [1.29, 1.82) is 0 Å². The van der Waals surface area contributed by atoms with Crippen molar-refractivity contribution >= 4 is 17.4 Å². The molecule has 2 aromatic rings. The predicted molar refractivity (Wildman–Crippen MR) is 158 cm³/mol. The van der Waals surface area contributed by atoms with Crippen LogP contribution in [0, 0.1) is 0 Å². The molecule has 4 rings (SSSR count). The number of fused-ring (bicyclic) bond motifs is 1. The average Bonchev–Trinajstić information content (AvgIpc) is 3.37. The zero-order chi connectivity index (χ0) is 31.7. The van der Waals surface area contributed by atoms with E-state index in [2.05, 4.69) is 0 Å². The van der Waals surface area contributed by atoms with Gasteiger partial charge in [-0.2, -0.15) is 0 Å². The molecule has 0 unspecified atom stereocenters. The van der Waals surface area contributed by atoms with Crippen molar-refractivity contribution in [2.45, 2.75) is 90.6 Å². The standard InChI is InChI=1S/C28H39N2O11PS/c1-18(2)40-42(33,41-19(3)4)17-43(34,35)15-13-22-24-25(39-28(5,6)38-24)26(37-22)29-14-12-23(31)30(27(29)32)16-20-8-10-21(36-7)11-9-20/h8-15,18-19,22,24-26H,16-17H2,1-7H3/b15-13+/t22-,24-,25-,26-/m1/s1. The molecule has 43 heavy (non-hydrogen) atoms. The second kappa shape index (κ2) is 12.8. The van der Waals surface area contributed by atoms with Crippen LogP contribution >= 0.6 is 7.60 Å². The zero-order valence-corrected chi connectivity index (χ0v) is 26.9. The second-order valence-electron chi connectivity index (χ2n) is 11.4. The van der Waals surface area contributed by atoms with Crippen molar-refractivity contribution < 1.29 is 41.0 Å². The van der Waals surface area contributed by atoms with E-state index >= 15 is 0 Å². The van der Waals surface area contributed by atoms with Crippen LogP contribution in [0.3, 0.4) is 0 Å². The number of hydrogen-bond donors (Lipinski definition) is 0. The Hall–Kier alpha value is -2.58. The van der Waals surface area contributed by atoms with E-state index in [9.17, 15) is 22.6 Å². The van der Waals surface area contributed by atoms with E-state index in [0.717, 1.165) is 9.98 Å². The van der Waals surface area contributed by atoms with Crippen LogP contribution in [0.1, 0.15) is 53.3 Å². The summed E-state index contributed by atoms with van der Waals surface area (Å²) < 4.78 is 75.7. The number of nitrogens with zero attached hydrogens (tertiary/aromatic N) is 2. The number of methoxy groups -OCH3 is 1. The number of hydrogen-bond acceptors (Lipinski definition) is 11. The minimum atomic E-state index is -4.11. The molecule has 0 amide bonds. The minimum Gasteiger partial charge on any atom is -0.497 e. The van der Waals surface area contributed by atoms with Crippen LogP contribution in [0.25, 0.3) is 0 Å². The fourth-order valence-electron chi connectivity index (χ4n) is 4.96. The van der Waals surface area contributed by atoms with Gasteiger partial charge in [-0.15, -0.1) is 0 Å². The maximum atomic E-state index is 13.6. The molecule has 13 nitrogen and oxygen atoms in total. The van der Waals surface area contributed by atoms with Gasteiger partial charge in [0.1, 0.15) is 24.1 Å². The smallest absolute Gasteiger partial charge is 0.346 e. The Labute approximate surface area is 250 Å². The molecule has 2 saturated heterocycles. The van der Waals surface area contributed by atoms with Gasteiger partial charge in [0.2, 0.25) is 0 Å². The molecule has 0 saturated carbocycles. The first-order chi connectivity index (χ1) is 20.0. The van der Waals surface area contributed by atoms with Gasteiger partial charge < -0.3 is 28.0 Å². The molecule has 2 aliphatic heterocycles. The molecule has 3 heterocycles. The van der Waals surface area contributed by atoms with E-state index in [1.807, 2.05) is 0 Å². The third-order valence-corrected chi connectivity index (χ3v) is 11.3. The van der Waals surface area contributed by atoms with Gasteiger partial charge >= 0.3 is 13.3 Å². The molecule has 0 radical (unpaired) electrons. The van der Waals surface area contributed by atoms with Gasteiger partial charge in [0.05, 0.1) is 25.9 Å². The summed E-state index contributed by atoms with van der Waals surface area (Å²) in [7, 11) is -6.56. The third kappa shape index (κ3) is 8.13. The number of rotatable bonds is 12. The monoisotopic (exact) mass is 642 g/mol. The van der Waals surface area contributed by atoms with Gasteiger partial charge in [0.25, 0.3) is 5.56 Å². The molecule has 1 aromatic heterocycles. The lowest BCUT2D eigenvalue weighted by Gasteiger charge is -2.24. The summed E-state index contributed by atoms with van der Waals surface area (Å²) in [6.45, 7) is 9.91. The van der Waals surface area contributed by atoms with Crippen LogP contribution in [0.2, 0.25) is 0 Å². The molecule has 2 aliphatic rings. The summed E-state index contributed by atoms with van der Waals surface area (Å²) in [6.07, 6.45) is -2.07. The van der Waals surface area contributed by atoms with Crippen LogP contribution in [0.4, 0.5) is 0 Å². The first-order valence-electron chi connectivity index (χ1n) is 13.8. The van der Waals surface area contributed by atoms with Gasteiger partial charge in [0.15, 0.2) is 27.3 Å². The summed E-state index contributed by atoms with van der Waals surface area (Å²) in [4.78, 5) is 26.3. The average molecular weight is 643 g/mol. The molecule has 0 bridgehead atoms. The highest BCUT2D eigenvalue weighted by molar-refractivity contribution is 8.00. The molecule has 0 spiro atoms. The van der Waals surface area contributed by atoms with Crippen molar-refractivity contribution in [2.24, 2.45) is 0 Å². The van der Waals surface area contributed by atoms with Gasteiger partial charge in [-0.3, -0.25) is 18.5 Å². The van der Waals surface area contributed by atoms with Gasteiger partial charge in [-0.05, 0) is 65.3 Å². The molecular weight excluding hydrogens is 603 g/mol. The van der Waals surface area contributed by atoms with E-state index in [-0.39, 0.29) is 6.54 Å². The van der Waals surface area contributed by atoms with E-state index in [1.54, 1.807) is 72.9 Å². The maximum Gasteiger partial charge on any atom is 0.346 e. The largest absolute Gasteiger partial charge is 0.497 e. The summed E-state index contributed by atoms with van der Waals surface area (Å²) in [5.41, 5.74) is -1.31. The topological polar surface area (TPSA) is 151 Å². The Bertz CT molecular complexity index is 1580. The molecule has 0 N–H and O–H groups in total. The molecule has 4 atom stereocenters. The number of ether oxygens (including phenoxy) is 4. The molecule has 1 aromatic carbocycles. The maximum absolute atomic E-state index is 13.6. The van der Waals surface area contributed by atoms with E-state index in [0.29, 0.717) is 11.3 Å². The fourth-order valence-corrected chi connectivity index (χ4v) is 9.28. The minimum absolute atomic E-state index is 0.00466. The van der Waals surface area contributed by atoms with Crippen LogP contribution < -0.4 is 16.0 Å². The first kappa shape index (κ1) is 33.3. The van der Waals surface area contributed by atoms with Crippen molar-refractivity contribution in [2.75, 3.05) is 12.6 Å². The summed E-state index contributed by atoms with van der Waals surface area (Å²) in [6, 6.07) is 8.20. The van der Waals surface area contributed by atoms with Crippen LogP contribution in [-0.4, -0.2) is 66.5 Å². The van der Waals surface area contributed by atoms with E-state index in [4.69, 9.17) is 28.0 Å². The van der Waals surface area contributed by atoms with Crippen molar-refractivity contribution in [3.63, 3.8) is 0 Å². The van der Waals surface area contributed by atoms with Crippen LogP contribution in [0.5, 0.6) is 5.75 Å². The fraction of sp³-hybridized carbons (Fsp3) is 0.571. The normalized spacial score (nSPS) is 23.8. The number of benzene rings is 1. The first-order valence-corrected chi connectivity index (χ1v) is 17.3. The SMILES string of the molecule is COc1ccc(Cn2c(=O)ccn([C@@H]3O[C@H](/C=C/S(=O)(=O)CP(=O)(OC(C)C)OC(C)C)[C@H]4OC(C)(C)O[C@H]43)c2=O)cc1. The highest BCUT2D eigenvalue weighted by Gasteiger charge is 2.55. The highest BCUT2D eigenvalue weighted by Crippen LogP contribution is 2.52. The van der Waals surface area contributed by atoms with Gasteiger partial charge in [0, 0.05) is 17.7 Å². The quantitative estimate of drug-likeness (QED) is 0.313. The molecule has 0 aliphatic carbocycles. The predicted octanol–water partition coefficient (Wildman–Crippen LogP) is 3.41. The van der Waals surface area contributed by atoms with Gasteiger partial charge in [-0.1, -0.05) is 12.1 Å². The summed E-state index contributed by atoms with van der Waals surface area (Å²) >= 11 is 0. The van der Waals surface area contributed by atoms with Crippen molar-refractivity contribution in [1.82, 2.24) is 9.13 Å².